The summed E-state index contributed by atoms with van der Waals surface area (Å²) in [5, 5.41) is 2.63. The highest BCUT2D eigenvalue weighted by Gasteiger charge is 2.17. The van der Waals surface area contributed by atoms with Crippen molar-refractivity contribution < 1.29 is 9.59 Å². The molecule has 0 aliphatic carbocycles. The highest BCUT2D eigenvalue weighted by Crippen LogP contribution is 2.17. The second kappa shape index (κ2) is 5.99. The van der Waals surface area contributed by atoms with Crippen molar-refractivity contribution in [3.63, 3.8) is 0 Å². The predicted molar refractivity (Wildman–Crippen MR) is 77.0 cm³/mol. The third-order valence-electron chi connectivity index (χ3n) is 2.89. The van der Waals surface area contributed by atoms with E-state index in [9.17, 15) is 9.59 Å². The maximum atomic E-state index is 12.1. The van der Waals surface area contributed by atoms with Crippen molar-refractivity contribution in [3.05, 3.63) is 65.7 Å². The average molecular weight is 269 g/mol. The first kappa shape index (κ1) is 13.8. The molecule has 2 aromatic carbocycles. The van der Waals surface area contributed by atoms with Crippen LogP contribution in [0.1, 0.15) is 22.0 Å². The SMILES string of the molecule is NC(=O)c1ccccc1NC(=O)C(N)c1ccccc1. The minimum Gasteiger partial charge on any atom is -0.366 e. The number of carbonyl (C=O) groups is 2. The van der Waals surface area contributed by atoms with E-state index in [1.807, 2.05) is 6.07 Å². The standard InChI is InChI=1S/C15H15N3O2/c16-13(10-6-2-1-3-7-10)15(20)18-12-9-5-4-8-11(12)14(17)19/h1-9,13H,16H2,(H2,17,19)(H,18,20). The van der Waals surface area contributed by atoms with Crippen LogP contribution in [0.5, 0.6) is 0 Å². The number of anilines is 1. The number of nitrogens with one attached hydrogen (secondary N) is 1. The number of nitrogens with two attached hydrogens (primary N) is 2. The van der Waals surface area contributed by atoms with Crippen LogP contribution in [0.4, 0.5) is 5.69 Å². The summed E-state index contributed by atoms with van der Waals surface area (Å²) in [4.78, 5) is 23.4. The van der Waals surface area contributed by atoms with Crippen molar-refractivity contribution in [3.8, 4) is 0 Å². The number of hydrogen-bond donors (Lipinski definition) is 3. The number of para-hydroxylation sites is 1. The van der Waals surface area contributed by atoms with Crippen LogP contribution in [0.2, 0.25) is 0 Å². The van der Waals surface area contributed by atoms with E-state index in [1.54, 1.807) is 48.5 Å². The molecular weight excluding hydrogens is 254 g/mol. The smallest absolute Gasteiger partial charge is 0.250 e. The summed E-state index contributed by atoms with van der Waals surface area (Å²) in [6.45, 7) is 0. The molecule has 0 heterocycles. The Morgan fingerprint density at radius 2 is 1.55 bits per heavy atom. The summed E-state index contributed by atoms with van der Waals surface area (Å²) in [6, 6.07) is 14.7. The van der Waals surface area contributed by atoms with Crippen LogP contribution >= 0.6 is 0 Å². The molecule has 0 spiro atoms. The van der Waals surface area contributed by atoms with Crippen molar-refractivity contribution in [1.29, 1.82) is 0 Å². The van der Waals surface area contributed by atoms with Gasteiger partial charge in [-0.25, -0.2) is 0 Å². The molecule has 5 heteroatoms. The van der Waals surface area contributed by atoms with E-state index in [0.717, 1.165) is 0 Å². The van der Waals surface area contributed by atoms with Gasteiger partial charge in [0.15, 0.2) is 0 Å². The molecule has 0 saturated carbocycles. The summed E-state index contributed by atoms with van der Waals surface area (Å²) < 4.78 is 0. The predicted octanol–water partition coefficient (Wildman–Crippen LogP) is 1.42. The van der Waals surface area contributed by atoms with Gasteiger partial charge in [0.25, 0.3) is 5.91 Å². The Hall–Kier alpha value is -2.66. The normalized spacial score (nSPS) is 11.7. The van der Waals surface area contributed by atoms with E-state index in [0.29, 0.717) is 11.3 Å². The maximum absolute atomic E-state index is 12.1. The molecule has 102 valence electrons. The van der Waals surface area contributed by atoms with Gasteiger partial charge in [0.1, 0.15) is 6.04 Å². The van der Waals surface area contributed by atoms with Crippen molar-refractivity contribution in [2.45, 2.75) is 6.04 Å². The quantitative estimate of drug-likeness (QED) is 0.782. The number of hydrogen-bond acceptors (Lipinski definition) is 3. The largest absolute Gasteiger partial charge is 0.366 e. The number of rotatable bonds is 4. The molecule has 0 aliphatic rings. The molecule has 5 N–H and O–H groups in total. The first-order valence-electron chi connectivity index (χ1n) is 6.10. The average Bonchev–Trinajstić information content (AvgIpc) is 2.47. The first-order chi connectivity index (χ1) is 9.59. The third-order valence-corrected chi connectivity index (χ3v) is 2.89. The molecular formula is C15H15N3O2. The zero-order valence-corrected chi connectivity index (χ0v) is 10.7. The summed E-state index contributed by atoms with van der Waals surface area (Å²) >= 11 is 0. The molecule has 2 aromatic rings. The minimum atomic E-state index is -0.808. The molecule has 0 aliphatic heterocycles. The molecule has 1 unspecified atom stereocenters. The van der Waals surface area contributed by atoms with Gasteiger partial charge in [0.05, 0.1) is 11.3 Å². The zero-order chi connectivity index (χ0) is 14.5. The van der Waals surface area contributed by atoms with Gasteiger partial charge in [-0.1, -0.05) is 42.5 Å². The lowest BCUT2D eigenvalue weighted by Crippen LogP contribution is -2.28. The molecule has 0 radical (unpaired) electrons. The molecule has 5 nitrogen and oxygen atoms in total. The Labute approximate surface area is 116 Å². The van der Waals surface area contributed by atoms with Crippen molar-refractivity contribution >= 4 is 17.5 Å². The molecule has 1 atom stereocenters. The van der Waals surface area contributed by atoms with E-state index < -0.39 is 17.9 Å². The number of carbonyl (C=O) groups excluding carboxylic acids is 2. The highest BCUT2D eigenvalue weighted by atomic mass is 16.2. The second-order valence-corrected chi connectivity index (χ2v) is 4.29. The lowest BCUT2D eigenvalue weighted by atomic mass is 10.1. The molecule has 2 rings (SSSR count). The van der Waals surface area contributed by atoms with Gasteiger partial charge in [0.2, 0.25) is 5.91 Å². The highest BCUT2D eigenvalue weighted by molar-refractivity contribution is 6.04. The van der Waals surface area contributed by atoms with Crippen LogP contribution in [0.3, 0.4) is 0 Å². The van der Waals surface area contributed by atoms with Crippen molar-refractivity contribution in [1.82, 2.24) is 0 Å². The number of amides is 2. The van der Waals surface area contributed by atoms with Crippen LogP contribution in [0.25, 0.3) is 0 Å². The fraction of sp³-hybridized carbons (Fsp3) is 0.0667. The van der Waals surface area contributed by atoms with Gasteiger partial charge in [0, 0.05) is 0 Å². The Balaban J connectivity index is 2.18. The molecule has 0 saturated heterocycles. The molecule has 0 aromatic heterocycles. The van der Waals surface area contributed by atoms with E-state index in [4.69, 9.17) is 11.5 Å². The molecule has 0 bridgehead atoms. The summed E-state index contributed by atoms with van der Waals surface area (Å²) in [6.07, 6.45) is 0. The maximum Gasteiger partial charge on any atom is 0.250 e. The van der Waals surface area contributed by atoms with Crippen LogP contribution in [0.15, 0.2) is 54.6 Å². The number of primary amides is 1. The third kappa shape index (κ3) is 3.02. The Morgan fingerprint density at radius 1 is 0.950 bits per heavy atom. The monoisotopic (exact) mass is 269 g/mol. The zero-order valence-electron chi connectivity index (χ0n) is 10.7. The van der Waals surface area contributed by atoms with Gasteiger partial charge >= 0.3 is 0 Å². The van der Waals surface area contributed by atoms with E-state index >= 15 is 0 Å². The molecule has 0 fully saturated rings. The van der Waals surface area contributed by atoms with E-state index in [-0.39, 0.29) is 5.56 Å². The lowest BCUT2D eigenvalue weighted by Gasteiger charge is -2.14. The van der Waals surface area contributed by atoms with Gasteiger partial charge in [-0.05, 0) is 17.7 Å². The van der Waals surface area contributed by atoms with Gasteiger partial charge in [-0.3, -0.25) is 9.59 Å². The van der Waals surface area contributed by atoms with Crippen LogP contribution in [-0.4, -0.2) is 11.8 Å². The Bertz CT molecular complexity index is 626. The van der Waals surface area contributed by atoms with E-state index in [1.165, 1.54) is 0 Å². The summed E-state index contributed by atoms with van der Waals surface area (Å²) in [7, 11) is 0. The Morgan fingerprint density at radius 3 is 2.20 bits per heavy atom. The van der Waals surface area contributed by atoms with E-state index in [2.05, 4.69) is 5.32 Å². The van der Waals surface area contributed by atoms with Crippen molar-refractivity contribution in [2.75, 3.05) is 5.32 Å². The number of benzene rings is 2. The second-order valence-electron chi connectivity index (χ2n) is 4.29. The van der Waals surface area contributed by atoms with Crippen molar-refractivity contribution in [2.24, 2.45) is 11.5 Å². The topological polar surface area (TPSA) is 98.2 Å². The van der Waals surface area contributed by atoms with Crippen LogP contribution in [0, 0.1) is 0 Å². The minimum absolute atomic E-state index is 0.251. The van der Waals surface area contributed by atoms with Gasteiger partial charge in [-0.2, -0.15) is 0 Å². The van der Waals surface area contributed by atoms with Crippen LogP contribution < -0.4 is 16.8 Å². The van der Waals surface area contributed by atoms with Gasteiger partial charge in [-0.15, -0.1) is 0 Å². The fourth-order valence-corrected chi connectivity index (χ4v) is 1.83. The lowest BCUT2D eigenvalue weighted by molar-refractivity contribution is -0.117. The summed E-state index contributed by atoms with van der Waals surface area (Å²) in [5.74, 6) is -1.00. The van der Waals surface area contributed by atoms with Gasteiger partial charge < -0.3 is 16.8 Å². The summed E-state index contributed by atoms with van der Waals surface area (Å²) in [5.41, 5.74) is 12.4. The Kier molecular flexibility index (Phi) is 4.12. The first-order valence-corrected chi connectivity index (χ1v) is 6.10. The fourth-order valence-electron chi connectivity index (χ4n) is 1.83. The molecule has 2 amide bonds. The molecule has 20 heavy (non-hydrogen) atoms. The van der Waals surface area contributed by atoms with Crippen LogP contribution in [-0.2, 0) is 4.79 Å².